The summed E-state index contributed by atoms with van der Waals surface area (Å²) in [6.07, 6.45) is 6.81. The van der Waals surface area contributed by atoms with Gasteiger partial charge in [0.15, 0.2) is 5.78 Å². The molecule has 3 atom stereocenters. The van der Waals surface area contributed by atoms with E-state index >= 15 is 0 Å². The van der Waals surface area contributed by atoms with Crippen LogP contribution in [-0.4, -0.2) is 52.6 Å². The molecule has 1 saturated carbocycles. The third-order valence-corrected chi connectivity index (χ3v) is 5.86. The molecule has 1 aliphatic heterocycles. The standard InChI is InChI=1S/C28H40N2O7/c1-27(2,3)36-22(32)14-8-12-18-10-7-11-19(18)15-16-21(31)23-24(33)20(30-25(23)34)13-9-17-29-26(35)37-28(4,5)6/h15-16,18-20,31H,7,9-13,17H2,1-6H3,(H,29,35)(H,30,34)/b16-15+,23-21-/t18-,19-,20?/m1/s1. The molecule has 0 radical (unpaired) electrons. The minimum atomic E-state index is -0.749. The fourth-order valence-corrected chi connectivity index (χ4v) is 4.27. The van der Waals surface area contributed by atoms with Crippen molar-refractivity contribution in [2.45, 2.75) is 97.3 Å². The molecule has 2 amide bonds. The number of carbonyl (C=O) groups is 4. The number of aliphatic hydroxyl groups excluding tert-OH is 1. The first-order chi connectivity index (χ1) is 17.2. The first kappa shape index (κ1) is 29.9. The third-order valence-electron chi connectivity index (χ3n) is 5.86. The number of ether oxygens (including phenoxy) is 2. The Bertz CT molecular complexity index is 1000. The molecule has 1 aliphatic carbocycles. The van der Waals surface area contributed by atoms with Gasteiger partial charge in [-0.3, -0.25) is 9.59 Å². The summed E-state index contributed by atoms with van der Waals surface area (Å²) < 4.78 is 10.4. The maximum atomic E-state index is 12.7. The number of ketones is 1. The van der Waals surface area contributed by atoms with Gasteiger partial charge in [-0.05, 0) is 85.1 Å². The van der Waals surface area contributed by atoms with Gasteiger partial charge < -0.3 is 25.2 Å². The maximum absolute atomic E-state index is 12.7. The zero-order valence-corrected chi connectivity index (χ0v) is 22.7. The lowest BCUT2D eigenvalue weighted by atomic mass is 9.92. The number of rotatable bonds is 7. The second-order valence-corrected chi connectivity index (χ2v) is 11.4. The molecule has 9 nitrogen and oxygen atoms in total. The molecule has 2 aliphatic rings. The predicted octanol–water partition coefficient (Wildman–Crippen LogP) is 3.88. The van der Waals surface area contributed by atoms with E-state index in [1.165, 1.54) is 6.08 Å². The molecule has 37 heavy (non-hydrogen) atoms. The molecule has 0 spiro atoms. The van der Waals surface area contributed by atoms with Gasteiger partial charge in [-0.1, -0.05) is 18.4 Å². The number of hydrogen-bond acceptors (Lipinski definition) is 7. The Balaban J connectivity index is 1.90. The highest BCUT2D eigenvalue weighted by Gasteiger charge is 2.37. The van der Waals surface area contributed by atoms with Crippen molar-refractivity contribution in [3.8, 4) is 11.8 Å². The van der Waals surface area contributed by atoms with Crippen molar-refractivity contribution in [2.75, 3.05) is 6.54 Å². The lowest BCUT2D eigenvalue weighted by molar-refractivity contribution is -0.147. The van der Waals surface area contributed by atoms with Crippen LogP contribution in [0.1, 0.15) is 80.1 Å². The van der Waals surface area contributed by atoms with E-state index in [2.05, 4.69) is 22.5 Å². The molecule has 3 N–H and O–H groups in total. The Morgan fingerprint density at radius 1 is 1.11 bits per heavy atom. The summed E-state index contributed by atoms with van der Waals surface area (Å²) in [4.78, 5) is 48.6. The quantitative estimate of drug-likeness (QED) is 0.0890. The van der Waals surface area contributed by atoms with Gasteiger partial charge in [-0.2, -0.15) is 0 Å². The molecule has 0 bridgehead atoms. The molecule has 9 heteroatoms. The highest BCUT2D eigenvalue weighted by atomic mass is 16.6. The minimum Gasteiger partial charge on any atom is -0.507 e. The van der Waals surface area contributed by atoms with E-state index in [9.17, 15) is 24.3 Å². The van der Waals surface area contributed by atoms with E-state index in [4.69, 9.17) is 9.47 Å². The van der Waals surface area contributed by atoms with Gasteiger partial charge in [0.05, 0.1) is 6.04 Å². The van der Waals surface area contributed by atoms with Crippen LogP contribution in [0.4, 0.5) is 4.79 Å². The average Bonchev–Trinajstić information content (AvgIpc) is 3.30. The van der Waals surface area contributed by atoms with Gasteiger partial charge in [0.1, 0.15) is 22.5 Å². The number of esters is 1. The van der Waals surface area contributed by atoms with E-state index < -0.39 is 41.0 Å². The number of Topliss-reactive ketones (excluding diaryl/α,β-unsaturated/α-hetero) is 1. The summed E-state index contributed by atoms with van der Waals surface area (Å²) >= 11 is 0. The number of aliphatic hydroxyl groups is 1. The monoisotopic (exact) mass is 516 g/mol. The zero-order valence-electron chi connectivity index (χ0n) is 22.7. The SMILES string of the molecule is CC(C)(C)OC(=O)C#CC[C@H]1CCC[C@@H]1/C=C/C(O)=C1/C(=O)NC(CCCNC(=O)OC(C)(C)C)C1=O. The van der Waals surface area contributed by atoms with Crippen molar-refractivity contribution in [1.29, 1.82) is 0 Å². The molecule has 1 unspecified atom stereocenters. The second kappa shape index (κ2) is 12.8. The van der Waals surface area contributed by atoms with Crippen LogP contribution in [0.3, 0.4) is 0 Å². The van der Waals surface area contributed by atoms with Gasteiger partial charge in [-0.15, -0.1) is 0 Å². The van der Waals surface area contributed by atoms with Crippen LogP contribution in [0.15, 0.2) is 23.5 Å². The highest BCUT2D eigenvalue weighted by molar-refractivity contribution is 6.27. The third kappa shape index (κ3) is 10.3. The molecule has 204 valence electrons. The minimum absolute atomic E-state index is 0.116. The molecule has 0 aromatic heterocycles. The van der Waals surface area contributed by atoms with Gasteiger partial charge in [-0.25, -0.2) is 9.59 Å². The van der Waals surface area contributed by atoms with Gasteiger partial charge in [0, 0.05) is 18.9 Å². The predicted molar refractivity (Wildman–Crippen MR) is 138 cm³/mol. The average molecular weight is 517 g/mol. The lowest BCUT2D eigenvalue weighted by Gasteiger charge is -2.19. The van der Waals surface area contributed by atoms with Crippen molar-refractivity contribution in [3.63, 3.8) is 0 Å². The number of hydrogen-bond donors (Lipinski definition) is 3. The molecular formula is C28H40N2O7. The Kier molecular flexibility index (Phi) is 10.4. The van der Waals surface area contributed by atoms with Crippen LogP contribution in [0, 0.1) is 23.7 Å². The molecule has 0 aromatic rings. The summed E-state index contributed by atoms with van der Waals surface area (Å²) in [5.74, 6) is 3.77. The van der Waals surface area contributed by atoms with Crippen molar-refractivity contribution >= 4 is 23.8 Å². The zero-order chi connectivity index (χ0) is 27.8. The van der Waals surface area contributed by atoms with E-state index in [0.29, 0.717) is 25.8 Å². The van der Waals surface area contributed by atoms with E-state index in [1.807, 2.05) is 6.08 Å². The first-order valence-corrected chi connectivity index (χ1v) is 12.8. The molecule has 1 saturated heterocycles. The number of allylic oxidation sites excluding steroid dienone is 2. The van der Waals surface area contributed by atoms with Crippen molar-refractivity contribution in [1.82, 2.24) is 10.6 Å². The van der Waals surface area contributed by atoms with Crippen LogP contribution in [0.2, 0.25) is 0 Å². The summed E-state index contributed by atoms with van der Waals surface area (Å²) in [6, 6.07) is -0.749. The highest BCUT2D eigenvalue weighted by Crippen LogP contribution is 2.35. The smallest absolute Gasteiger partial charge is 0.407 e. The fourth-order valence-electron chi connectivity index (χ4n) is 4.27. The lowest BCUT2D eigenvalue weighted by Crippen LogP contribution is -2.34. The normalized spacial score (nSPS) is 23.4. The van der Waals surface area contributed by atoms with Gasteiger partial charge >= 0.3 is 12.1 Å². The van der Waals surface area contributed by atoms with Crippen LogP contribution in [0.5, 0.6) is 0 Å². The molecule has 0 aromatic carbocycles. The van der Waals surface area contributed by atoms with Crippen molar-refractivity contribution < 1.29 is 33.8 Å². The molecule has 2 rings (SSSR count). The maximum Gasteiger partial charge on any atom is 0.407 e. The number of alkyl carbamates (subject to hydrolysis) is 1. The van der Waals surface area contributed by atoms with Crippen molar-refractivity contribution in [3.05, 3.63) is 23.5 Å². The number of amides is 2. The van der Waals surface area contributed by atoms with Gasteiger partial charge in [0.25, 0.3) is 5.91 Å². The largest absolute Gasteiger partial charge is 0.507 e. The Hall–Kier alpha value is -3.28. The van der Waals surface area contributed by atoms with Crippen LogP contribution < -0.4 is 10.6 Å². The summed E-state index contributed by atoms with van der Waals surface area (Å²) in [5, 5.41) is 15.7. The fraction of sp³-hybridized carbons (Fsp3) is 0.643. The number of carbonyl (C=O) groups excluding carboxylic acids is 4. The Morgan fingerprint density at radius 2 is 1.78 bits per heavy atom. The summed E-state index contributed by atoms with van der Waals surface area (Å²) in [5.41, 5.74) is -1.44. The Labute approximate surface area is 219 Å². The Morgan fingerprint density at radius 3 is 2.43 bits per heavy atom. The van der Waals surface area contributed by atoms with E-state index in [1.54, 1.807) is 41.5 Å². The molecule has 1 heterocycles. The molecular weight excluding hydrogens is 476 g/mol. The topological polar surface area (TPSA) is 131 Å². The van der Waals surface area contributed by atoms with Crippen LogP contribution in [-0.2, 0) is 23.9 Å². The van der Waals surface area contributed by atoms with Crippen LogP contribution in [0.25, 0.3) is 0 Å². The molecule has 2 fully saturated rings. The van der Waals surface area contributed by atoms with Crippen LogP contribution >= 0.6 is 0 Å². The van der Waals surface area contributed by atoms with E-state index in [-0.39, 0.29) is 23.2 Å². The van der Waals surface area contributed by atoms with E-state index in [0.717, 1.165) is 19.3 Å². The first-order valence-electron chi connectivity index (χ1n) is 12.8. The van der Waals surface area contributed by atoms with Crippen molar-refractivity contribution in [2.24, 2.45) is 11.8 Å². The second-order valence-electron chi connectivity index (χ2n) is 11.4. The number of nitrogens with one attached hydrogen (secondary N) is 2. The van der Waals surface area contributed by atoms with Gasteiger partial charge in [0.2, 0.25) is 0 Å². The summed E-state index contributed by atoms with van der Waals surface area (Å²) in [7, 11) is 0. The summed E-state index contributed by atoms with van der Waals surface area (Å²) in [6.45, 7) is 10.9.